The number of hydrogen-bond donors (Lipinski definition) is 1. The van der Waals surface area contributed by atoms with E-state index in [2.05, 4.69) is 28.2 Å². The fraction of sp³-hybridized carbons (Fsp3) is 0.500. The molecule has 1 amide bonds. The Balaban J connectivity index is 2.07. The number of hydrogen-bond acceptors (Lipinski definition) is 1. The van der Waals surface area contributed by atoms with Crippen molar-refractivity contribution < 1.29 is 4.79 Å². The number of carbonyl (C=O) groups excluding carboxylic acids is 1. The largest absolute Gasteiger partial charge is 0.349 e. The van der Waals surface area contributed by atoms with Gasteiger partial charge in [-0.25, -0.2) is 0 Å². The molecule has 0 saturated heterocycles. The third-order valence-electron chi connectivity index (χ3n) is 3.47. The number of halogens is 1. The molecule has 1 fully saturated rings. The summed E-state index contributed by atoms with van der Waals surface area (Å²) in [6.45, 7) is 4.24. The molecule has 0 heterocycles. The molecule has 2 atom stereocenters. The van der Waals surface area contributed by atoms with E-state index in [4.69, 9.17) is 0 Å². The maximum atomic E-state index is 12.1. The molecule has 1 aliphatic rings. The van der Waals surface area contributed by atoms with Crippen LogP contribution >= 0.6 is 15.9 Å². The van der Waals surface area contributed by atoms with E-state index in [9.17, 15) is 4.79 Å². The Morgan fingerprint density at radius 3 is 2.82 bits per heavy atom. The van der Waals surface area contributed by atoms with Crippen molar-refractivity contribution in [1.82, 2.24) is 5.32 Å². The van der Waals surface area contributed by atoms with Crippen LogP contribution in [0.25, 0.3) is 0 Å². The number of amides is 1. The summed E-state index contributed by atoms with van der Waals surface area (Å²) in [4.78, 5) is 12.1. The molecule has 0 radical (unpaired) electrons. The Labute approximate surface area is 111 Å². The lowest BCUT2D eigenvalue weighted by molar-refractivity contribution is 0.0936. The van der Waals surface area contributed by atoms with Gasteiger partial charge in [0.05, 0.1) is 5.56 Å². The van der Waals surface area contributed by atoms with Gasteiger partial charge >= 0.3 is 0 Å². The van der Waals surface area contributed by atoms with Crippen molar-refractivity contribution in [1.29, 1.82) is 0 Å². The second-order valence-corrected chi connectivity index (χ2v) is 5.82. The molecule has 0 bridgehead atoms. The Morgan fingerprint density at radius 2 is 2.18 bits per heavy atom. The van der Waals surface area contributed by atoms with Gasteiger partial charge in [0, 0.05) is 10.5 Å². The molecule has 1 aliphatic carbocycles. The molecule has 0 spiro atoms. The predicted molar refractivity (Wildman–Crippen MR) is 73.1 cm³/mol. The van der Waals surface area contributed by atoms with Gasteiger partial charge < -0.3 is 5.32 Å². The van der Waals surface area contributed by atoms with Gasteiger partial charge in [0.15, 0.2) is 0 Å². The summed E-state index contributed by atoms with van der Waals surface area (Å²) >= 11 is 3.48. The van der Waals surface area contributed by atoms with E-state index in [1.165, 1.54) is 6.42 Å². The van der Waals surface area contributed by atoms with E-state index in [0.29, 0.717) is 6.04 Å². The second-order valence-electron chi connectivity index (χ2n) is 5.03. The molecular formula is C14H18BrNO. The molecule has 3 heteroatoms. The van der Waals surface area contributed by atoms with Gasteiger partial charge in [-0.3, -0.25) is 4.79 Å². The van der Waals surface area contributed by atoms with E-state index in [-0.39, 0.29) is 5.91 Å². The molecular weight excluding hydrogens is 278 g/mol. The third kappa shape index (κ3) is 2.89. The first-order valence-electron chi connectivity index (χ1n) is 6.14. The SMILES string of the molecule is Cc1cccc(C(=O)NC2CCC(C)C2)c1Br. The summed E-state index contributed by atoms with van der Waals surface area (Å²) < 4.78 is 0.906. The van der Waals surface area contributed by atoms with E-state index in [1.807, 2.05) is 25.1 Å². The number of rotatable bonds is 2. The highest BCUT2D eigenvalue weighted by Gasteiger charge is 2.23. The molecule has 92 valence electrons. The zero-order valence-corrected chi connectivity index (χ0v) is 11.9. The van der Waals surface area contributed by atoms with E-state index in [1.54, 1.807) is 0 Å². The predicted octanol–water partition coefficient (Wildman–Crippen LogP) is 3.68. The van der Waals surface area contributed by atoms with Crippen molar-refractivity contribution in [2.75, 3.05) is 0 Å². The van der Waals surface area contributed by atoms with Crippen LogP contribution in [0.5, 0.6) is 0 Å². The quantitative estimate of drug-likeness (QED) is 0.886. The minimum atomic E-state index is 0.0414. The summed E-state index contributed by atoms with van der Waals surface area (Å²) in [6.07, 6.45) is 3.44. The lowest BCUT2D eigenvalue weighted by Crippen LogP contribution is -2.33. The Hall–Kier alpha value is -0.830. The van der Waals surface area contributed by atoms with Crippen LogP contribution < -0.4 is 5.32 Å². The Morgan fingerprint density at radius 1 is 1.41 bits per heavy atom. The molecule has 1 N–H and O–H groups in total. The van der Waals surface area contributed by atoms with Gasteiger partial charge in [-0.1, -0.05) is 19.1 Å². The van der Waals surface area contributed by atoms with Crippen LogP contribution in [0, 0.1) is 12.8 Å². The first-order valence-corrected chi connectivity index (χ1v) is 6.93. The standard InChI is InChI=1S/C14H18BrNO/c1-9-6-7-11(8-9)16-14(17)12-5-3-4-10(2)13(12)15/h3-5,9,11H,6-8H2,1-2H3,(H,16,17). The topological polar surface area (TPSA) is 29.1 Å². The zero-order valence-electron chi connectivity index (χ0n) is 10.3. The van der Waals surface area contributed by atoms with Gasteiger partial charge in [-0.15, -0.1) is 0 Å². The van der Waals surface area contributed by atoms with Crippen molar-refractivity contribution >= 4 is 21.8 Å². The molecule has 1 aromatic rings. The van der Waals surface area contributed by atoms with Crippen LogP contribution in [0.2, 0.25) is 0 Å². The Kier molecular flexibility index (Phi) is 3.87. The summed E-state index contributed by atoms with van der Waals surface area (Å²) in [7, 11) is 0. The monoisotopic (exact) mass is 295 g/mol. The maximum Gasteiger partial charge on any atom is 0.252 e. The molecule has 2 rings (SSSR count). The number of aryl methyl sites for hydroxylation is 1. The molecule has 17 heavy (non-hydrogen) atoms. The smallest absolute Gasteiger partial charge is 0.252 e. The molecule has 2 nitrogen and oxygen atoms in total. The van der Waals surface area contributed by atoms with Crippen LogP contribution in [-0.4, -0.2) is 11.9 Å². The van der Waals surface area contributed by atoms with Crippen molar-refractivity contribution in [3.8, 4) is 0 Å². The molecule has 1 saturated carbocycles. The van der Waals surface area contributed by atoms with E-state index >= 15 is 0 Å². The number of benzene rings is 1. The summed E-state index contributed by atoms with van der Waals surface area (Å²) in [5, 5.41) is 3.12. The summed E-state index contributed by atoms with van der Waals surface area (Å²) in [6, 6.07) is 6.14. The highest BCUT2D eigenvalue weighted by Crippen LogP contribution is 2.26. The van der Waals surface area contributed by atoms with E-state index in [0.717, 1.165) is 34.4 Å². The second kappa shape index (κ2) is 5.21. The average molecular weight is 296 g/mol. The van der Waals surface area contributed by atoms with Crippen molar-refractivity contribution in [3.63, 3.8) is 0 Å². The van der Waals surface area contributed by atoms with Crippen molar-refractivity contribution in [2.24, 2.45) is 5.92 Å². The van der Waals surface area contributed by atoms with Crippen LogP contribution in [0.15, 0.2) is 22.7 Å². The molecule has 1 aromatic carbocycles. The minimum Gasteiger partial charge on any atom is -0.349 e. The fourth-order valence-corrected chi connectivity index (χ4v) is 2.87. The van der Waals surface area contributed by atoms with Crippen molar-refractivity contribution in [3.05, 3.63) is 33.8 Å². The highest BCUT2D eigenvalue weighted by atomic mass is 79.9. The van der Waals surface area contributed by atoms with Gasteiger partial charge in [-0.2, -0.15) is 0 Å². The summed E-state index contributed by atoms with van der Waals surface area (Å²) in [5.41, 5.74) is 1.84. The first kappa shape index (κ1) is 12.6. The van der Waals surface area contributed by atoms with Crippen LogP contribution in [0.3, 0.4) is 0 Å². The van der Waals surface area contributed by atoms with Gasteiger partial charge in [0.25, 0.3) is 5.91 Å². The van der Waals surface area contributed by atoms with Gasteiger partial charge in [0.1, 0.15) is 0 Å². The van der Waals surface area contributed by atoms with Gasteiger partial charge in [0.2, 0.25) is 0 Å². The molecule has 0 aliphatic heterocycles. The Bertz CT molecular complexity index is 430. The zero-order chi connectivity index (χ0) is 12.4. The molecule has 2 unspecified atom stereocenters. The first-order chi connectivity index (χ1) is 8.08. The van der Waals surface area contributed by atoms with Crippen LogP contribution in [0.4, 0.5) is 0 Å². The lowest BCUT2D eigenvalue weighted by Gasteiger charge is -2.14. The summed E-state index contributed by atoms with van der Waals surface area (Å²) in [5.74, 6) is 0.779. The fourth-order valence-electron chi connectivity index (χ4n) is 2.42. The minimum absolute atomic E-state index is 0.0414. The lowest BCUT2D eigenvalue weighted by atomic mass is 10.1. The third-order valence-corrected chi connectivity index (χ3v) is 4.52. The van der Waals surface area contributed by atoms with Gasteiger partial charge in [-0.05, 0) is 59.7 Å². The van der Waals surface area contributed by atoms with Crippen LogP contribution in [-0.2, 0) is 0 Å². The number of nitrogens with one attached hydrogen (secondary N) is 1. The van der Waals surface area contributed by atoms with Crippen LogP contribution in [0.1, 0.15) is 42.1 Å². The maximum absolute atomic E-state index is 12.1. The molecule has 0 aromatic heterocycles. The number of carbonyl (C=O) groups is 1. The van der Waals surface area contributed by atoms with E-state index < -0.39 is 0 Å². The normalized spacial score (nSPS) is 23.7. The van der Waals surface area contributed by atoms with Crippen molar-refractivity contribution in [2.45, 2.75) is 39.2 Å². The highest BCUT2D eigenvalue weighted by molar-refractivity contribution is 9.10. The average Bonchev–Trinajstić information content (AvgIpc) is 2.68.